The van der Waals surface area contributed by atoms with E-state index in [0.717, 1.165) is 43.4 Å². The molecular formula is C20H31N7O2. The number of aromatic amines is 1. The Hall–Kier alpha value is -2.71. The Morgan fingerprint density at radius 1 is 1.34 bits per heavy atom. The second kappa shape index (κ2) is 9.19. The largest absolute Gasteiger partial charge is 0.351 e. The number of unbranched alkanes of at least 4 members (excludes halogenated alkanes) is 1. The van der Waals surface area contributed by atoms with Crippen LogP contribution in [0.15, 0.2) is 6.07 Å². The van der Waals surface area contributed by atoms with Crippen LogP contribution in [-0.4, -0.2) is 49.1 Å². The highest BCUT2D eigenvalue weighted by Gasteiger charge is 2.34. The molecule has 3 rings (SSSR count). The van der Waals surface area contributed by atoms with Gasteiger partial charge in [-0.2, -0.15) is 5.21 Å². The molecule has 158 valence electrons. The second-order valence-electron chi connectivity index (χ2n) is 7.95. The third-order valence-corrected chi connectivity index (χ3v) is 6.03. The van der Waals surface area contributed by atoms with E-state index in [9.17, 15) is 9.59 Å². The maximum absolute atomic E-state index is 13.0. The lowest BCUT2D eigenvalue weighted by Crippen LogP contribution is -2.50. The van der Waals surface area contributed by atoms with Gasteiger partial charge in [-0.05, 0) is 44.7 Å². The van der Waals surface area contributed by atoms with Crippen LogP contribution in [0.1, 0.15) is 78.9 Å². The molecule has 1 aliphatic carbocycles. The van der Waals surface area contributed by atoms with Gasteiger partial charge in [-0.25, -0.2) is 0 Å². The highest BCUT2D eigenvalue weighted by molar-refractivity contribution is 5.96. The molecule has 9 heteroatoms. The first-order valence-electron chi connectivity index (χ1n) is 10.4. The van der Waals surface area contributed by atoms with E-state index < -0.39 is 6.04 Å². The summed E-state index contributed by atoms with van der Waals surface area (Å²) >= 11 is 0. The van der Waals surface area contributed by atoms with Gasteiger partial charge in [0.15, 0.2) is 5.82 Å². The van der Waals surface area contributed by atoms with E-state index in [1.165, 1.54) is 0 Å². The molecule has 3 N–H and O–H groups in total. The Labute approximate surface area is 171 Å². The van der Waals surface area contributed by atoms with Crippen LogP contribution in [0.5, 0.6) is 0 Å². The molecule has 0 spiro atoms. The van der Waals surface area contributed by atoms with Crippen LogP contribution in [-0.2, 0) is 11.8 Å². The van der Waals surface area contributed by atoms with Crippen molar-refractivity contribution in [3.05, 3.63) is 28.8 Å². The number of carbonyl (C=O) groups is 2. The van der Waals surface area contributed by atoms with Crippen molar-refractivity contribution in [3.8, 4) is 0 Å². The molecule has 2 amide bonds. The first-order chi connectivity index (χ1) is 13.9. The van der Waals surface area contributed by atoms with Gasteiger partial charge in [0.2, 0.25) is 5.91 Å². The Kier molecular flexibility index (Phi) is 6.66. The van der Waals surface area contributed by atoms with Gasteiger partial charge in [-0.3, -0.25) is 9.59 Å². The first kappa shape index (κ1) is 21.0. The fourth-order valence-corrected chi connectivity index (χ4v) is 4.03. The average Bonchev–Trinajstić information content (AvgIpc) is 3.43. The van der Waals surface area contributed by atoms with Crippen molar-refractivity contribution in [2.24, 2.45) is 7.05 Å². The predicted molar refractivity (Wildman–Crippen MR) is 108 cm³/mol. The number of rotatable bonds is 8. The molecule has 0 saturated heterocycles. The zero-order valence-corrected chi connectivity index (χ0v) is 17.7. The van der Waals surface area contributed by atoms with Gasteiger partial charge >= 0.3 is 0 Å². The quantitative estimate of drug-likeness (QED) is 0.624. The van der Waals surface area contributed by atoms with Gasteiger partial charge in [0.25, 0.3) is 5.91 Å². The number of carbonyl (C=O) groups excluding carboxylic acids is 2. The second-order valence-corrected chi connectivity index (χ2v) is 7.95. The fourth-order valence-electron chi connectivity index (χ4n) is 4.03. The van der Waals surface area contributed by atoms with Gasteiger partial charge in [0, 0.05) is 24.7 Å². The third-order valence-electron chi connectivity index (χ3n) is 6.03. The lowest BCUT2D eigenvalue weighted by atomic mass is 10.0. The molecule has 1 fully saturated rings. The lowest BCUT2D eigenvalue weighted by molar-refractivity contribution is -0.124. The number of amides is 2. The molecule has 1 aliphatic rings. The van der Waals surface area contributed by atoms with Crippen LogP contribution in [0.3, 0.4) is 0 Å². The molecule has 0 aliphatic heterocycles. The van der Waals surface area contributed by atoms with Gasteiger partial charge in [0.05, 0.1) is 0 Å². The zero-order valence-electron chi connectivity index (χ0n) is 17.7. The summed E-state index contributed by atoms with van der Waals surface area (Å²) in [7, 11) is 1.87. The maximum atomic E-state index is 13.0. The molecule has 1 saturated carbocycles. The molecule has 0 aromatic carbocycles. The van der Waals surface area contributed by atoms with E-state index in [2.05, 4.69) is 38.2 Å². The standard InChI is InChI=1S/C20H31N7O2/c1-5-6-9-16(22-20(29)17-11-12(2)13(3)27(17)4)19(28)21-15-10-7-8-14(15)18-23-25-26-24-18/h11,14-16H,5-10H2,1-4H3,(H,21,28)(H,22,29)(H,23,24,25,26)/t14-,15+,16+/m1/s1. The Balaban J connectivity index is 1.69. The third kappa shape index (κ3) is 4.65. The summed E-state index contributed by atoms with van der Waals surface area (Å²) in [4.78, 5) is 25.9. The summed E-state index contributed by atoms with van der Waals surface area (Å²) in [5.74, 6) is 0.325. The summed E-state index contributed by atoms with van der Waals surface area (Å²) in [5.41, 5.74) is 2.67. The van der Waals surface area contributed by atoms with Crippen LogP contribution in [0.4, 0.5) is 0 Å². The lowest BCUT2D eigenvalue weighted by Gasteiger charge is -2.23. The van der Waals surface area contributed by atoms with E-state index in [4.69, 9.17) is 0 Å². The summed E-state index contributed by atoms with van der Waals surface area (Å²) in [6.45, 7) is 6.03. The minimum atomic E-state index is -0.565. The molecular weight excluding hydrogens is 370 g/mol. The zero-order chi connectivity index (χ0) is 21.0. The number of aromatic nitrogens is 5. The molecule has 9 nitrogen and oxygen atoms in total. The van der Waals surface area contributed by atoms with E-state index in [1.807, 2.05) is 31.5 Å². The van der Waals surface area contributed by atoms with Gasteiger partial charge in [-0.15, -0.1) is 10.2 Å². The summed E-state index contributed by atoms with van der Waals surface area (Å²) in [5, 5.41) is 20.4. The topological polar surface area (TPSA) is 118 Å². The summed E-state index contributed by atoms with van der Waals surface area (Å²) < 4.78 is 1.86. The number of nitrogens with zero attached hydrogens (tertiary/aromatic N) is 4. The SMILES string of the molecule is CCCC[C@H](NC(=O)c1cc(C)c(C)n1C)C(=O)N[C@H]1CCC[C@H]1c1nn[nH]n1. The van der Waals surface area contributed by atoms with Crippen molar-refractivity contribution in [1.82, 2.24) is 35.8 Å². The summed E-state index contributed by atoms with van der Waals surface area (Å²) in [6, 6.07) is 1.26. The Bertz CT molecular complexity index is 843. The van der Waals surface area contributed by atoms with E-state index in [0.29, 0.717) is 17.9 Å². The normalized spacial score (nSPS) is 19.9. The van der Waals surface area contributed by atoms with Crippen molar-refractivity contribution in [1.29, 1.82) is 0 Å². The molecule has 2 aromatic rings. The van der Waals surface area contributed by atoms with Gasteiger partial charge in [-0.1, -0.05) is 31.4 Å². The number of H-pyrrole nitrogens is 1. The van der Waals surface area contributed by atoms with Crippen molar-refractivity contribution in [2.75, 3.05) is 0 Å². The van der Waals surface area contributed by atoms with E-state index >= 15 is 0 Å². The van der Waals surface area contributed by atoms with Crippen molar-refractivity contribution >= 4 is 11.8 Å². The first-order valence-corrected chi connectivity index (χ1v) is 10.4. The van der Waals surface area contributed by atoms with E-state index in [1.54, 1.807) is 0 Å². The number of aryl methyl sites for hydroxylation is 1. The molecule has 0 unspecified atom stereocenters. The maximum Gasteiger partial charge on any atom is 0.268 e. The molecule has 29 heavy (non-hydrogen) atoms. The fraction of sp³-hybridized carbons (Fsp3) is 0.650. The average molecular weight is 402 g/mol. The smallest absolute Gasteiger partial charge is 0.268 e. The van der Waals surface area contributed by atoms with E-state index in [-0.39, 0.29) is 23.8 Å². The minimum Gasteiger partial charge on any atom is -0.351 e. The molecule has 2 heterocycles. The monoisotopic (exact) mass is 401 g/mol. The van der Waals surface area contributed by atoms with Crippen LogP contribution in [0.2, 0.25) is 0 Å². The number of tetrazole rings is 1. The van der Waals surface area contributed by atoms with Crippen LogP contribution in [0, 0.1) is 13.8 Å². The molecule has 2 aromatic heterocycles. The van der Waals surface area contributed by atoms with Crippen molar-refractivity contribution < 1.29 is 9.59 Å². The highest BCUT2D eigenvalue weighted by Crippen LogP contribution is 2.32. The van der Waals surface area contributed by atoms with Gasteiger partial charge < -0.3 is 15.2 Å². The molecule has 3 atom stereocenters. The number of hydrogen-bond donors (Lipinski definition) is 3. The summed E-state index contributed by atoms with van der Waals surface area (Å²) in [6.07, 6.45) is 5.21. The Morgan fingerprint density at radius 3 is 2.76 bits per heavy atom. The highest BCUT2D eigenvalue weighted by atomic mass is 16.2. The number of nitrogens with one attached hydrogen (secondary N) is 3. The number of hydrogen-bond acceptors (Lipinski definition) is 5. The minimum absolute atomic E-state index is 0.0411. The van der Waals surface area contributed by atoms with Crippen molar-refractivity contribution in [2.45, 2.75) is 77.3 Å². The Morgan fingerprint density at radius 2 is 2.14 bits per heavy atom. The van der Waals surface area contributed by atoms with Crippen LogP contribution >= 0.6 is 0 Å². The molecule has 0 radical (unpaired) electrons. The van der Waals surface area contributed by atoms with Gasteiger partial charge in [0.1, 0.15) is 11.7 Å². The van der Waals surface area contributed by atoms with Crippen LogP contribution < -0.4 is 10.6 Å². The molecule has 0 bridgehead atoms. The van der Waals surface area contributed by atoms with Crippen LogP contribution in [0.25, 0.3) is 0 Å². The van der Waals surface area contributed by atoms with Crippen molar-refractivity contribution in [3.63, 3.8) is 0 Å². The predicted octanol–water partition coefficient (Wildman–Crippen LogP) is 1.90.